The van der Waals surface area contributed by atoms with E-state index in [9.17, 15) is 4.79 Å². The molecule has 1 aromatic carbocycles. The van der Waals surface area contributed by atoms with E-state index in [0.717, 1.165) is 51.1 Å². The highest BCUT2D eigenvalue weighted by Gasteiger charge is 2.53. The van der Waals surface area contributed by atoms with Gasteiger partial charge in [-0.15, -0.1) is 0 Å². The van der Waals surface area contributed by atoms with E-state index >= 15 is 0 Å². The van der Waals surface area contributed by atoms with Crippen LogP contribution in [0.3, 0.4) is 0 Å². The number of anilines is 1. The minimum Gasteiger partial charge on any atom is -0.309 e. The van der Waals surface area contributed by atoms with Gasteiger partial charge in [-0.2, -0.15) is 0 Å². The van der Waals surface area contributed by atoms with Crippen LogP contribution in [0.5, 0.6) is 0 Å². The number of hydrogen-bond donors (Lipinski definition) is 0. The first kappa shape index (κ1) is 16.3. The van der Waals surface area contributed by atoms with Gasteiger partial charge in [-0.1, -0.05) is 31.2 Å². The smallest absolute Gasteiger partial charge is 0.235 e. The van der Waals surface area contributed by atoms with Crippen LogP contribution in [-0.4, -0.2) is 35.4 Å². The van der Waals surface area contributed by atoms with Gasteiger partial charge in [0.15, 0.2) is 0 Å². The predicted octanol–water partition coefficient (Wildman–Crippen LogP) is 3.27. The summed E-state index contributed by atoms with van der Waals surface area (Å²) >= 11 is 0. The van der Waals surface area contributed by atoms with Crippen LogP contribution in [0.2, 0.25) is 0 Å². The first-order valence-electron chi connectivity index (χ1n) is 9.22. The summed E-state index contributed by atoms with van der Waals surface area (Å²) in [5, 5.41) is 0. The molecule has 0 atom stereocenters. The zero-order valence-corrected chi connectivity index (χ0v) is 14.8. The third kappa shape index (κ3) is 3.07. The zero-order valence-electron chi connectivity index (χ0n) is 14.8. The lowest BCUT2D eigenvalue weighted by atomic mass is 9.71. The predicted molar refractivity (Wildman–Crippen MR) is 99.4 cm³/mol. The fraction of sp³-hybridized carbons (Fsp3) is 0.429. The maximum Gasteiger partial charge on any atom is 0.235 e. The van der Waals surface area contributed by atoms with Gasteiger partial charge >= 0.3 is 0 Å². The molecule has 0 unspecified atom stereocenters. The molecule has 2 aromatic rings. The Bertz CT molecular complexity index is 733. The van der Waals surface area contributed by atoms with Crippen molar-refractivity contribution in [1.29, 1.82) is 0 Å². The summed E-state index contributed by atoms with van der Waals surface area (Å²) in [6.45, 7) is 6.02. The lowest BCUT2D eigenvalue weighted by Crippen LogP contribution is -2.65. The second-order valence-corrected chi connectivity index (χ2v) is 7.33. The summed E-state index contributed by atoms with van der Waals surface area (Å²) in [5.41, 5.74) is 3.55. The van der Waals surface area contributed by atoms with Crippen molar-refractivity contribution in [2.24, 2.45) is 5.41 Å². The van der Waals surface area contributed by atoms with Crippen molar-refractivity contribution in [2.75, 3.05) is 24.5 Å². The van der Waals surface area contributed by atoms with E-state index in [2.05, 4.69) is 41.1 Å². The Kier molecular flexibility index (Phi) is 4.30. The number of β-lactam (4-membered cyclic amide) rings is 1. The average molecular weight is 335 g/mol. The molecule has 2 saturated heterocycles. The van der Waals surface area contributed by atoms with Crippen molar-refractivity contribution in [1.82, 2.24) is 9.88 Å². The van der Waals surface area contributed by atoms with Crippen LogP contribution >= 0.6 is 0 Å². The topological polar surface area (TPSA) is 36.4 Å². The molecule has 4 nitrogen and oxygen atoms in total. The number of amides is 1. The molecule has 4 heteroatoms. The van der Waals surface area contributed by atoms with E-state index < -0.39 is 0 Å². The van der Waals surface area contributed by atoms with Crippen LogP contribution in [0.1, 0.15) is 30.9 Å². The van der Waals surface area contributed by atoms with Crippen molar-refractivity contribution in [3.05, 3.63) is 59.9 Å². The molecular formula is C21H25N3O. The number of piperidine rings is 1. The fourth-order valence-electron chi connectivity index (χ4n) is 4.01. The lowest BCUT2D eigenvalue weighted by molar-refractivity contribution is -0.138. The van der Waals surface area contributed by atoms with Crippen LogP contribution < -0.4 is 4.90 Å². The number of aromatic nitrogens is 1. The zero-order chi connectivity index (χ0) is 17.3. The third-order valence-corrected chi connectivity index (χ3v) is 5.77. The Hall–Kier alpha value is -2.20. The molecule has 3 heterocycles. The van der Waals surface area contributed by atoms with Crippen molar-refractivity contribution in [3.63, 3.8) is 0 Å². The van der Waals surface area contributed by atoms with Crippen molar-refractivity contribution in [2.45, 2.75) is 32.7 Å². The molecular weight excluding hydrogens is 310 g/mol. The fourth-order valence-corrected chi connectivity index (χ4v) is 4.01. The van der Waals surface area contributed by atoms with Crippen molar-refractivity contribution >= 4 is 11.6 Å². The molecule has 0 N–H and O–H groups in total. The summed E-state index contributed by atoms with van der Waals surface area (Å²) < 4.78 is 0. The minimum absolute atomic E-state index is 0.127. The van der Waals surface area contributed by atoms with E-state index in [1.807, 2.05) is 17.0 Å². The van der Waals surface area contributed by atoms with Gasteiger partial charge in [0.05, 0.1) is 17.3 Å². The molecule has 0 aliphatic carbocycles. The Morgan fingerprint density at radius 3 is 2.40 bits per heavy atom. The largest absolute Gasteiger partial charge is 0.309 e. The molecule has 1 amide bonds. The monoisotopic (exact) mass is 335 g/mol. The summed E-state index contributed by atoms with van der Waals surface area (Å²) in [7, 11) is 0. The number of rotatable bonds is 4. The summed E-state index contributed by atoms with van der Waals surface area (Å²) in [4.78, 5) is 21.2. The quantitative estimate of drug-likeness (QED) is 0.805. The molecule has 0 radical (unpaired) electrons. The van der Waals surface area contributed by atoms with Crippen LogP contribution in [0.4, 0.5) is 5.69 Å². The van der Waals surface area contributed by atoms with Crippen LogP contribution in [0, 0.1) is 5.41 Å². The number of hydrogen-bond acceptors (Lipinski definition) is 3. The Labute approximate surface area is 149 Å². The molecule has 25 heavy (non-hydrogen) atoms. The van der Waals surface area contributed by atoms with Crippen molar-refractivity contribution in [3.8, 4) is 0 Å². The van der Waals surface area contributed by atoms with E-state index in [4.69, 9.17) is 0 Å². The van der Waals surface area contributed by atoms with Gasteiger partial charge in [0.25, 0.3) is 0 Å². The number of likely N-dealkylation sites (tertiary alicyclic amines) is 1. The molecule has 1 aromatic heterocycles. The number of nitrogens with zero attached hydrogens (tertiary/aromatic N) is 3. The molecule has 2 aliphatic rings. The van der Waals surface area contributed by atoms with Gasteiger partial charge in [-0.05, 0) is 55.6 Å². The van der Waals surface area contributed by atoms with Gasteiger partial charge in [0.1, 0.15) is 0 Å². The first-order chi connectivity index (χ1) is 12.2. The maximum absolute atomic E-state index is 12.8. The SMILES string of the molecule is CCc1ccc(CN2CCC3(CC2)CN(c2cccnc2)C3=O)cc1. The molecule has 0 saturated carbocycles. The van der Waals surface area contributed by atoms with Crippen molar-refractivity contribution < 1.29 is 4.79 Å². The van der Waals surface area contributed by atoms with Gasteiger partial charge in [-0.3, -0.25) is 14.7 Å². The highest BCUT2D eigenvalue weighted by Crippen LogP contribution is 2.43. The van der Waals surface area contributed by atoms with Gasteiger partial charge in [-0.25, -0.2) is 0 Å². The summed E-state index contributed by atoms with van der Waals surface area (Å²) in [6.07, 6.45) is 6.54. The standard InChI is InChI=1S/C21H25N3O/c1-2-17-5-7-18(8-6-17)15-23-12-9-21(10-13-23)16-24(20(21)25)19-4-3-11-22-14-19/h3-8,11,14H,2,9-10,12-13,15-16H2,1H3. The van der Waals surface area contributed by atoms with E-state index in [-0.39, 0.29) is 11.3 Å². The van der Waals surface area contributed by atoms with Crippen LogP contribution in [0.25, 0.3) is 0 Å². The number of aryl methyl sites for hydroxylation is 1. The van der Waals surface area contributed by atoms with Crippen LogP contribution in [0.15, 0.2) is 48.8 Å². The average Bonchev–Trinajstić information content (AvgIpc) is 2.68. The van der Waals surface area contributed by atoms with Gasteiger partial charge in [0.2, 0.25) is 5.91 Å². The summed E-state index contributed by atoms with van der Waals surface area (Å²) in [6, 6.07) is 12.8. The number of carbonyl (C=O) groups is 1. The normalized spacial score (nSPS) is 19.9. The van der Waals surface area contributed by atoms with E-state index in [1.54, 1.807) is 12.4 Å². The van der Waals surface area contributed by atoms with Gasteiger partial charge < -0.3 is 4.90 Å². The number of benzene rings is 1. The molecule has 4 rings (SSSR count). The highest BCUT2D eigenvalue weighted by atomic mass is 16.2. The number of carbonyl (C=O) groups excluding carboxylic acids is 1. The second-order valence-electron chi connectivity index (χ2n) is 7.33. The Morgan fingerprint density at radius 1 is 1.08 bits per heavy atom. The van der Waals surface area contributed by atoms with E-state index in [1.165, 1.54) is 11.1 Å². The molecule has 0 bridgehead atoms. The maximum atomic E-state index is 12.8. The van der Waals surface area contributed by atoms with Gasteiger partial charge in [0, 0.05) is 19.3 Å². The Balaban J connectivity index is 1.33. The third-order valence-electron chi connectivity index (χ3n) is 5.77. The first-order valence-corrected chi connectivity index (χ1v) is 9.22. The molecule has 2 aliphatic heterocycles. The second kappa shape index (κ2) is 6.60. The number of pyridine rings is 1. The molecule has 2 fully saturated rings. The van der Waals surface area contributed by atoms with Crippen LogP contribution in [-0.2, 0) is 17.8 Å². The minimum atomic E-state index is -0.127. The molecule has 1 spiro atoms. The van der Waals surface area contributed by atoms with E-state index in [0.29, 0.717) is 0 Å². The summed E-state index contributed by atoms with van der Waals surface area (Å²) in [5.74, 6) is 0.285. The lowest BCUT2D eigenvalue weighted by Gasteiger charge is -2.52. The Morgan fingerprint density at radius 2 is 1.80 bits per heavy atom. The highest BCUT2D eigenvalue weighted by molar-refractivity contribution is 6.04. The molecule has 130 valence electrons.